The van der Waals surface area contributed by atoms with Crippen LogP contribution in [0.1, 0.15) is 5.56 Å². The van der Waals surface area contributed by atoms with Gasteiger partial charge in [0.25, 0.3) is 0 Å². The van der Waals surface area contributed by atoms with Gasteiger partial charge >= 0.3 is 0 Å². The van der Waals surface area contributed by atoms with Crippen molar-refractivity contribution in [1.82, 2.24) is 4.98 Å². The lowest BCUT2D eigenvalue weighted by Crippen LogP contribution is -1.83. The summed E-state index contributed by atoms with van der Waals surface area (Å²) in [5.41, 5.74) is 2.02. The fourth-order valence-electron chi connectivity index (χ4n) is 1.10. The Hall–Kier alpha value is -1.09. The van der Waals surface area contributed by atoms with Crippen LogP contribution >= 0.6 is 15.9 Å². The van der Waals surface area contributed by atoms with Gasteiger partial charge in [0.05, 0.1) is 6.26 Å². The smallest absolute Gasteiger partial charge is 0.152 e. The van der Waals surface area contributed by atoms with Crippen molar-refractivity contribution in [2.45, 2.75) is 6.92 Å². The average Bonchev–Trinajstić information content (AvgIpc) is 2.62. The number of aromatic nitrogens is 1. The SMILES string of the molecule is Cc1cc(-c2ccco2)ncc1Br. The lowest BCUT2D eigenvalue weighted by Gasteiger charge is -1.99. The third kappa shape index (κ3) is 1.65. The highest BCUT2D eigenvalue weighted by atomic mass is 79.9. The predicted octanol–water partition coefficient (Wildman–Crippen LogP) is 3.41. The Morgan fingerprint density at radius 1 is 1.46 bits per heavy atom. The minimum absolute atomic E-state index is 0.801. The zero-order valence-electron chi connectivity index (χ0n) is 7.12. The van der Waals surface area contributed by atoms with Gasteiger partial charge in [-0.1, -0.05) is 0 Å². The number of hydrogen-bond acceptors (Lipinski definition) is 2. The van der Waals surface area contributed by atoms with E-state index in [2.05, 4.69) is 20.9 Å². The minimum Gasteiger partial charge on any atom is -0.463 e. The highest BCUT2D eigenvalue weighted by Crippen LogP contribution is 2.22. The third-order valence-electron chi connectivity index (χ3n) is 1.82. The Morgan fingerprint density at radius 2 is 2.31 bits per heavy atom. The Kier molecular flexibility index (Phi) is 2.19. The molecule has 0 bridgehead atoms. The van der Waals surface area contributed by atoms with Gasteiger partial charge in [0, 0.05) is 10.7 Å². The Balaban J connectivity index is 2.49. The molecule has 2 rings (SSSR count). The van der Waals surface area contributed by atoms with Crippen LogP contribution in [0.4, 0.5) is 0 Å². The Morgan fingerprint density at radius 3 is 2.92 bits per heavy atom. The van der Waals surface area contributed by atoms with Crippen LogP contribution < -0.4 is 0 Å². The number of halogens is 1. The first-order valence-corrected chi connectivity index (χ1v) is 4.72. The molecule has 0 fully saturated rings. The topological polar surface area (TPSA) is 26.0 Å². The molecule has 3 heteroatoms. The van der Waals surface area contributed by atoms with E-state index in [0.717, 1.165) is 21.5 Å². The molecule has 0 aromatic carbocycles. The van der Waals surface area contributed by atoms with Gasteiger partial charge < -0.3 is 4.42 Å². The molecule has 0 unspecified atom stereocenters. The van der Waals surface area contributed by atoms with Crippen molar-refractivity contribution in [1.29, 1.82) is 0 Å². The highest BCUT2D eigenvalue weighted by molar-refractivity contribution is 9.10. The van der Waals surface area contributed by atoms with Gasteiger partial charge in [-0.15, -0.1) is 0 Å². The minimum atomic E-state index is 0.801. The van der Waals surface area contributed by atoms with Crippen LogP contribution in [0, 0.1) is 6.92 Å². The second-order valence-electron chi connectivity index (χ2n) is 2.80. The second-order valence-corrected chi connectivity index (χ2v) is 3.65. The predicted molar refractivity (Wildman–Crippen MR) is 54.4 cm³/mol. The van der Waals surface area contributed by atoms with Crippen LogP contribution in [-0.4, -0.2) is 4.98 Å². The first-order chi connectivity index (χ1) is 6.27. The van der Waals surface area contributed by atoms with E-state index in [1.54, 1.807) is 12.5 Å². The molecule has 0 aliphatic heterocycles. The van der Waals surface area contributed by atoms with E-state index in [9.17, 15) is 0 Å². The van der Waals surface area contributed by atoms with Crippen LogP contribution in [0.3, 0.4) is 0 Å². The lowest BCUT2D eigenvalue weighted by molar-refractivity contribution is 0.580. The molecule has 0 atom stereocenters. The molecule has 0 radical (unpaired) electrons. The van der Waals surface area contributed by atoms with E-state index in [-0.39, 0.29) is 0 Å². The normalized spacial score (nSPS) is 10.3. The van der Waals surface area contributed by atoms with Gasteiger partial charge in [-0.2, -0.15) is 0 Å². The molecule has 0 N–H and O–H groups in total. The summed E-state index contributed by atoms with van der Waals surface area (Å²) in [6.45, 7) is 2.03. The molecule has 2 nitrogen and oxygen atoms in total. The molecule has 0 aliphatic rings. The van der Waals surface area contributed by atoms with Crippen molar-refractivity contribution < 1.29 is 4.42 Å². The van der Waals surface area contributed by atoms with Crippen molar-refractivity contribution in [2.75, 3.05) is 0 Å². The van der Waals surface area contributed by atoms with E-state index in [1.165, 1.54) is 0 Å². The zero-order valence-corrected chi connectivity index (χ0v) is 8.71. The number of hydrogen-bond donors (Lipinski definition) is 0. The number of rotatable bonds is 1. The Labute approximate surface area is 84.7 Å². The van der Waals surface area contributed by atoms with Crippen LogP contribution in [0.25, 0.3) is 11.5 Å². The van der Waals surface area contributed by atoms with Crippen molar-refractivity contribution in [3.05, 3.63) is 40.7 Å². The summed E-state index contributed by atoms with van der Waals surface area (Å²) in [7, 11) is 0. The van der Waals surface area contributed by atoms with Crippen LogP contribution in [0.2, 0.25) is 0 Å². The van der Waals surface area contributed by atoms with Crippen molar-refractivity contribution in [2.24, 2.45) is 0 Å². The van der Waals surface area contributed by atoms with Crippen LogP contribution in [0.15, 0.2) is 39.5 Å². The summed E-state index contributed by atoms with van der Waals surface area (Å²) < 4.78 is 6.25. The highest BCUT2D eigenvalue weighted by Gasteiger charge is 2.03. The summed E-state index contributed by atoms with van der Waals surface area (Å²) in [6.07, 6.45) is 3.43. The number of nitrogens with zero attached hydrogens (tertiary/aromatic N) is 1. The first kappa shape index (κ1) is 8.51. The summed E-state index contributed by atoms with van der Waals surface area (Å²) in [6, 6.07) is 5.74. The maximum atomic E-state index is 5.24. The molecular weight excluding hydrogens is 230 g/mol. The molecule has 66 valence electrons. The van der Waals surface area contributed by atoms with E-state index in [0.29, 0.717) is 0 Å². The van der Waals surface area contributed by atoms with Gasteiger partial charge in [0.15, 0.2) is 5.76 Å². The van der Waals surface area contributed by atoms with Gasteiger partial charge in [-0.05, 0) is 46.6 Å². The monoisotopic (exact) mass is 237 g/mol. The fourth-order valence-corrected chi connectivity index (χ4v) is 1.32. The molecule has 2 aromatic rings. The quantitative estimate of drug-likeness (QED) is 0.760. The van der Waals surface area contributed by atoms with Gasteiger partial charge in [0.1, 0.15) is 5.69 Å². The molecule has 13 heavy (non-hydrogen) atoms. The number of pyridine rings is 1. The summed E-state index contributed by atoms with van der Waals surface area (Å²) in [4.78, 5) is 4.24. The average molecular weight is 238 g/mol. The Bertz CT molecular complexity index is 409. The van der Waals surface area contributed by atoms with E-state index in [4.69, 9.17) is 4.42 Å². The molecule has 0 saturated carbocycles. The first-order valence-electron chi connectivity index (χ1n) is 3.93. The lowest BCUT2D eigenvalue weighted by atomic mass is 10.2. The largest absolute Gasteiger partial charge is 0.463 e. The van der Waals surface area contributed by atoms with Crippen LogP contribution in [-0.2, 0) is 0 Å². The van der Waals surface area contributed by atoms with E-state index in [1.807, 2.05) is 25.1 Å². The van der Waals surface area contributed by atoms with E-state index >= 15 is 0 Å². The number of aryl methyl sites for hydroxylation is 1. The van der Waals surface area contributed by atoms with Crippen molar-refractivity contribution in [3.8, 4) is 11.5 Å². The maximum Gasteiger partial charge on any atom is 0.152 e. The third-order valence-corrected chi connectivity index (χ3v) is 2.65. The molecule has 0 aliphatic carbocycles. The molecule has 0 amide bonds. The van der Waals surface area contributed by atoms with Gasteiger partial charge in [-0.3, -0.25) is 4.98 Å². The van der Waals surface area contributed by atoms with Gasteiger partial charge in [0.2, 0.25) is 0 Å². The standard InChI is InChI=1S/C10H8BrNO/c1-7-5-9(12-6-8(7)11)10-3-2-4-13-10/h2-6H,1H3. The maximum absolute atomic E-state index is 5.24. The molecule has 0 saturated heterocycles. The molecular formula is C10H8BrNO. The second kappa shape index (κ2) is 3.34. The molecule has 2 heterocycles. The van der Waals surface area contributed by atoms with Crippen molar-refractivity contribution >= 4 is 15.9 Å². The fraction of sp³-hybridized carbons (Fsp3) is 0.100. The summed E-state index contributed by atoms with van der Waals surface area (Å²) >= 11 is 3.40. The van der Waals surface area contributed by atoms with E-state index < -0.39 is 0 Å². The number of furan rings is 1. The summed E-state index contributed by atoms with van der Waals surface area (Å²) in [5, 5.41) is 0. The van der Waals surface area contributed by atoms with Crippen LogP contribution in [0.5, 0.6) is 0 Å². The molecule has 0 spiro atoms. The zero-order chi connectivity index (χ0) is 9.26. The van der Waals surface area contributed by atoms with Crippen molar-refractivity contribution in [3.63, 3.8) is 0 Å². The summed E-state index contributed by atoms with van der Waals surface area (Å²) in [5.74, 6) is 0.801. The van der Waals surface area contributed by atoms with Gasteiger partial charge in [-0.25, -0.2) is 0 Å². The molecule has 2 aromatic heterocycles.